The summed E-state index contributed by atoms with van der Waals surface area (Å²) in [4.78, 5) is 25.1. The number of alkyl halides is 3. The number of pyridine rings is 1. The van der Waals surface area contributed by atoms with Crippen molar-refractivity contribution in [3.8, 4) is 11.5 Å². The summed E-state index contributed by atoms with van der Waals surface area (Å²) in [7, 11) is 1.19. The summed E-state index contributed by atoms with van der Waals surface area (Å²) in [6.45, 7) is 0.684. The number of ether oxygens (including phenoxy) is 1. The molecule has 28 heavy (non-hydrogen) atoms. The molecule has 1 saturated heterocycles. The van der Waals surface area contributed by atoms with E-state index in [1.54, 1.807) is 17.0 Å². The lowest BCUT2D eigenvalue weighted by Gasteiger charge is -2.34. The monoisotopic (exact) mass is 396 g/mol. The van der Waals surface area contributed by atoms with Crippen LogP contribution in [-0.4, -0.2) is 52.3 Å². The van der Waals surface area contributed by atoms with Crippen molar-refractivity contribution in [2.75, 3.05) is 25.1 Å². The van der Waals surface area contributed by atoms with Crippen LogP contribution >= 0.6 is 0 Å². The van der Waals surface area contributed by atoms with E-state index in [0.717, 1.165) is 6.07 Å². The van der Waals surface area contributed by atoms with E-state index < -0.39 is 23.9 Å². The van der Waals surface area contributed by atoms with Gasteiger partial charge in [0.05, 0.1) is 7.11 Å². The summed E-state index contributed by atoms with van der Waals surface area (Å²) in [5, 5.41) is 9.97. The molecule has 10 heteroatoms. The molecular formula is C18H19F3N4O3. The average molecular weight is 396 g/mol. The van der Waals surface area contributed by atoms with Gasteiger partial charge in [0.1, 0.15) is 11.5 Å². The van der Waals surface area contributed by atoms with Crippen molar-refractivity contribution < 1.29 is 27.8 Å². The van der Waals surface area contributed by atoms with Crippen LogP contribution in [0.3, 0.4) is 0 Å². The molecule has 3 rings (SSSR count). The topological polar surface area (TPSA) is 88.4 Å². The van der Waals surface area contributed by atoms with Crippen LogP contribution in [0.1, 0.15) is 18.5 Å². The number of piperidine rings is 1. The standard InChI is InChI=1S/C18H19F3N4O3/c1-28-17(27)15(26)11-5-8-25(9-6-11)14-10-13(18(19,20)21)23-16(24-14)12-4-2-3-7-22-12/h2-4,7,10-11,15,26H,5-6,8-9H2,1H3. The zero-order valence-electron chi connectivity index (χ0n) is 15.1. The largest absolute Gasteiger partial charge is 0.467 e. The number of nitrogens with zero attached hydrogens (tertiary/aromatic N) is 4. The van der Waals surface area contributed by atoms with Crippen LogP contribution in [0.15, 0.2) is 30.5 Å². The second-order valence-electron chi connectivity index (χ2n) is 6.44. The van der Waals surface area contributed by atoms with Crippen LogP contribution in [0.25, 0.3) is 11.5 Å². The van der Waals surface area contributed by atoms with Crippen molar-refractivity contribution in [1.29, 1.82) is 0 Å². The lowest BCUT2D eigenvalue weighted by Crippen LogP contribution is -2.41. The third kappa shape index (κ3) is 4.38. The van der Waals surface area contributed by atoms with Gasteiger partial charge >= 0.3 is 12.1 Å². The number of carbonyl (C=O) groups excluding carboxylic acids is 1. The Balaban J connectivity index is 1.85. The van der Waals surface area contributed by atoms with Crippen LogP contribution in [-0.2, 0) is 15.7 Å². The van der Waals surface area contributed by atoms with Gasteiger partial charge in [0.15, 0.2) is 17.6 Å². The van der Waals surface area contributed by atoms with Gasteiger partial charge in [-0.05, 0) is 30.9 Å². The Hall–Kier alpha value is -2.75. The Labute approximate surface area is 159 Å². The maximum absolute atomic E-state index is 13.3. The zero-order valence-corrected chi connectivity index (χ0v) is 15.1. The number of carbonyl (C=O) groups is 1. The molecule has 150 valence electrons. The van der Waals surface area contributed by atoms with Crippen LogP contribution in [0.4, 0.5) is 19.0 Å². The Kier molecular flexibility index (Phi) is 5.78. The van der Waals surface area contributed by atoms with Gasteiger partial charge in [-0.1, -0.05) is 6.07 Å². The summed E-state index contributed by atoms with van der Waals surface area (Å²) in [5.74, 6) is -1.00. The second kappa shape index (κ2) is 8.09. The first-order chi connectivity index (χ1) is 13.3. The number of anilines is 1. The van der Waals surface area contributed by atoms with E-state index in [1.165, 1.54) is 19.4 Å². The molecule has 0 radical (unpaired) electrons. The number of halogens is 3. The van der Waals surface area contributed by atoms with Gasteiger partial charge in [-0.25, -0.2) is 14.8 Å². The van der Waals surface area contributed by atoms with Crippen molar-refractivity contribution in [3.05, 3.63) is 36.2 Å². The molecule has 2 aromatic heterocycles. The fourth-order valence-corrected chi connectivity index (χ4v) is 3.11. The predicted octanol–water partition coefficient (Wildman–Crippen LogP) is 2.31. The fraction of sp³-hybridized carbons (Fsp3) is 0.444. The summed E-state index contributed by atoms with van der Waals surface area (Å²) < 4.78 is 44.5. The highest BCUT2D eigenvalue weighted by atomic mass is 19.4. The van der Waals surface area contributed by atoms with Gasteiger partial charge in [-0.3, -0.25) is 4.98 Å². The Morgan fingerprint density at radius 3 is 2.57 bits per heavy atom. The minimum atomic E-state index is -4.62. The van der Waals surface area contributed by atoms with Gasteiger partial charge in [-0.15, -0.1) is 0 Å². The summed E-state index contributed by atoms with van der Waals surface area (Å²) in [6, 6.07) is 5.74. The highest BCUT2D eigenvalue weighted by Gasteiger charge is 2.36. The van der Waals surface area contributed by atoms with Gasteiger partial charge in [0.2, 0.25) is 0 Å². The first-order valence-corrected chi connectivity index (χ1v) is 8.68. The molecule has 2 aromatic rings. The summed E-state index contributed by atoms with van der Waals surface area (Å²) in [5.41, 5.74) is -0.805. The number of rotatable bonds is 4. The lowest BCUT2D eigenvalue weighted by molar-refractivity contribution is -0.153. The van der Waals surface area contributed by atoms with Gasteiger partial charge in [0, 0.05) is 25.4 Å². The second-order valence-corrected chi connectivity index (χ2v) is 6.44. The fourth-order valence-electron chi connectivity index (χ4n) is 3.11. The molecule has 3 heterocycles. The van der Waals surface area contributed by atoms with Gasteiger partial charge < -0.3 is 14.7 Å². The molecule has 0 amide bonds. The average Bonchev–Trinajstić information content (AvgIpc) is 2.72. The van der Waals surface area contributed by atoms with Crippen molar-refractivity contribution in [1.82, 2.24) is 15.0 Å². The van der Waals surface area contributed by atoms with Gasteiger partial charge in [0.25, 0.3) is 0 Å². The number of aromatic nitrogens is 3. The quantitative estimate of drug-likeness (QED) is 0.794. The summed E-state index contributed by atoms with van der Waals surface area (Å²) in [6.07, 6.45) is -3.58. The van der Waals surface area contributed by atoms with Crippen LogP contribution in [0.2, 0.25) is 0 Å². The molecule has 1 aliphatic heterocycles. The highest BCUT2D eigenvalue weighted by molar-refractivity contribution is 5.74. The van der Waals surface area contributed by atoms with E-state index in [9.17, 15) is 23.1 Å². The number of hydrogen-bond donors (Lipinski definition) is 1. The zero-order chi connectivity index (χ0) is 20.3. The van der Waals surface area contributed by atoms with Crippen LogP contribution < -0.4 is 4.90 Å². The molecule has 1 fully saturated rings. The maximum atomic E-state index is 13.3. The third-order valence-electron chi connectivity index (χ3n) is 4.65. The van der Waals surface area contributed by atoms with Crippen molar-refractivity contribution in [3.63, 3.8) is 0 Å². The van der Waals surface area contributed by atoms with Crippen LogP contribution in [0.5, 0.6) is 0 Å². The maximum Gasteiger partial charge on any atom is 0.433 e. The van der Waals surface area contributed by atoms with Crippen molar-refractivity contribution >= 4 is 11.8 Å². The van der Waals surface area contributed by atoms with E-state index in [2.05, 4.69) is 19.7 Å². The molecule has 1 atom stereocenters. The van der Waals surface area contributed by atoms with Crippen molar-refractivity contribution in [2.24, 2.45) is 5.92 Å². The van der Waals surface area contributed by atoms with E-state index in [4.69, 9.17) is 0 Å². The molecular weight excluding hydrogens is 377 g/mol. The predicted molar refractivity (Wildman–Crippen MR) is 93.2 cm³/mol. The lowest BCUT2D eigenvalue weighted by atomic mass is 9.91. The Morgan fingerprint density at radius 2 is 2.00 bits per heavy atom. The molecule has 0 aromatic carbocycles. The molecule has 0 aliphatic carbocycles. The highest BCUT2D eigenvalue weighted by Crippen LogP contribution is 2.33. The molecule has 1 unspecified atom stereocenters. The number of methoxy groups -OCH3 is 1. The Morgan fingerprint density at radius 1 is 1.29 bits per heavy atom. The van der Waals surface area contributed by atoms with Crippen LogP contribution in [0, 0.1) is 5.92 Å². The van der Waals surface area contributed by atoms with Crippen molar-refractivity contribution in [2.45, 2.75) is 25.1 Å². The molecule has 0 spiro atoms. The Bertz CT molecular complexity index is 825. The first kappa shape index (κ1) is 20.0. The third-order valence-corrected chi connectivity index (χ3v) is 4.65. The minimum absolute atomic E-state index is 0.109. The molecule has 1 N–H and O–H groups in total. The van der Waals surface area contributed by atoms with E-state index in [-0.39, 0.29) is 23.3 Å². The SMILES string of the molecule is COC(=O)C(O)C1CCN(c2cc(C(F)(F)F)nc(-c3ccccn3)n2)CC1. The molecule has 0 bridgehead atoms. The first-order valence-electron chi connectivity index (χ1n) is 8.68. The minimum Gasteiger partial charge on any atom is -0.467 e. The number of hydrogen-bond acceptors (Lipinski definition) is 7. The molecule has 1 aliphatic rings. The number of esters is 1. The summed E-state index contributed by atoms with van der Waals surface area (Å²) >= 11 is 0. The van der Waals surface area contributed by atoms with E-state index in [1.807, 2.05) is 0 Å². The number of aliphatic hydroxyl groups excluding tert-OH is 1. The number of aliphatic hydroxyl groups is 1. The molecule has 0 saturated carbocycles. The van der Waals surface area contributed by atoms with Gasteiger partial charge in [-0.2, -0.15) is 13.2 Å². The molecule has 7 nitrogen and oxygen atoms in total. The normalized spacial score (nSPS) is 16.7. The van der Waals surface area contributed by atoms with E-state index in [0.29, 0.717) is 25.9 Å². The van der Waals surface area contributed by atoms with E-state index >= 15 is 0 Å². The smallest absolute Gasteiger partial charge is 0.433 e.